The second kappa shape index (κ2) is 7.67. The molecule has 1 aliphatic heterocycles. The third kappa shape index (κ3) is 5.50. The van der Waals surface area contributed by atoms with E-state index in [0.717, 1.165) is 32.5 Å². The number of nitrogens with one attached hydrogen (secondary N) is 1. The Morgan fingerprint density at radius 2 is 2.12 bits per heavy atom. The minimum atomic E-state index is -0.202. The van der Waals surface area contributed by atoms with Crippen LogP contribution in [0, 0.1) is 5.92 Å². The molecule has 1 aliphatic rings. The average Bonchev–Trinajstić information content (AvgIpc) is 2.29. The Bertz CT molecular complexity index is 227. The third-order valence-corrected chi connectivity index (χ3v) is 3.51. The molecule has 0 aromatic carbocycles. The van der Waals surface area contributed by atoms with Crippen molar-refractivity contribution >= 4 is 5.91 Å². The molecule has 0 aromatic rings. The van der Waals surface area contributed by atoms with Crippen molar-refractivity contribution in [3.05, 3.63) is 0 Å². The number of piperidine rings is 1. The number of carbonyl (C=O) groups is 1. The molecule has 3 N–H and O–H groups in total. The molecule has 0 spiro atoms. The third-order valence-electron chi connectivity index (χ3n) is 3.51. The van der Waals surface area contributed by atoms with Crippen LogP contribution < -0.4 is 11.1 Å². The van der Waals surface area contributed by atoms with Crippen LogP contribution in [0.4, 0.5) is 0 Å². The predicted molar refractivity (Wildman–Crippen MR) is 70.7 cm³/mol. The van der Waals surface area contributed by atoms with Crippen LogP contribution in [0.3, 0.4) is 0 Å². The van der Waals surface area contributed by atoms with Crippen molar-refractivity contribution in [1.29, 1.82) is 0 Å². The number of nitrogens with two attached hydrogens (primary N) is 1. The second-order valence-electron chi connectivity index (χ2n) is 5.27. The molecule has 0 saturated carbocycles. The van der Waals surface area contributed by atoms with E-state index in [1.165, 1.54) is 12.8 Å². The summed E-state index contributed by atoms with van der Waals surface area (Å²) in [7, 11) is 0. The van der Waals surface area contributed by atoms with Crippen LogP contribution in [0.5, 0.6) is 0 Å². The summed E-state index contributed by atoms with van der Waals surface area (Å²) in [6, 6.07) is 0.531. The monoisotopic (exact) mass is 241 g/mol. The Kier molecular flexibility index (Phi) is 6.52. The van der Waals surface area contributed by atoms with Crippen LogP contribution in [-0.4, -0.2) is 43.0 Å². The maximum Gasteiger partial charge on any atom is 0.231 e. The predicted octanol–water partition coefficient (Wildman–Crippen LogP) is 0.962. The van der Waals surface area contributed by atoms with Gasteiger partial charge in [-0.05, 0) is 38.3 Å². The molecule has 1 amide bonds. The van der Waals surface area contributed by atoms with Crippen LogP contribution in [0.1, 0.15) is 39.5 Å². The van der Waals surface area contributed by atoms with Gasteiger partial charge in [0.15, 0.2) is 0 Å². The van der Waals surface area contributed by atoms with E-state index in [9.17, 15) is 4.79 Å². The first-order chi connectivity index (χ1) is 8.13. The molecule has 0 aromatic heterocycles. The molecule has 17 heavy (non-hydrogen) atoms. The maximum absolute atomic E-state index is 11.2. The molecular weight excluding hydrogens is 214 g/mol. The largest absolute Gasteiger partial charge is 0.369 e. The van der Waals surface area contributed by atoms with E-state index in [2.05, 4.69) is 24.1 Å². The average molecular weight is 241 g/mol. The minimum absolute atomic E-state index is 0.202. The summed E-state index contributed by atoms with van der Waals surface area (Å²) in [5.74, 6) is 0.446. The Labute approximate surface area is 105 Å². The topological polar surface area (TPSA) is 58.4 Å². The first kappa shape index (κ1) is 14.5. The molecule has 4 nitrogen and oxygen atoms in total. The zero-order valence-corrected chi connectivity index (χ0v) is 11.2. The van der Waals surface area contributed by atoms with Gasteiger partial charge < -0.3 is 11.1 Å². The maximum atomic E-state index is 11.2. The Morgan fingerprint density at radius 1 is 1.47 bits per heavy atom. The lowest BCUT2D eigenvalue weighted by molar-refractivity contribution is -0.120. The Morgan fingerprint density at radius 3 is 2.65 bits per heavy atom. The highest BCUT2D eigenvalue weighted by atomic mass is 16.1. The number of primary amides is 1. The van der Waals surface area contributed by atoms with E-state index in [0.29, 0.717) is 18.5 Å². The molecule has 0 radical (unpaired) electrons. The number of hydrogen-bond acceptors (Lipinski definition) is 3. The molecule has 4 heteroatoms. The van der Waals surface area contributed by atoms with Gasteiger partial charge in [-0.1, -0.05) is 20.3 Å². The highest BCUT2D eigenvalue weighted by molar-refractivity contribution is 5.75. The Balaban J connectivity index is 2.49. The Hall–Kier alpha value is -0.610. The van der Waals surface area contributed by atoms with Crippen LogP contribution in [0.25, 0.3) is 0 Å². The van der Waals surface area contributed by atoms with Gasteiger partial charge >= 0.3 is 0 Å². The van der Waals surface area contributed by atoms with Gasteiger partial charge in [-0.2, -0.15) is 0 Å². The van der Waals surface area contributed by atoms with Crippen molar-refractivity contribution in [2.24, 2.45) is 11.7 Å². The van der Waals surface area contributed by atoms with Gasteiger partial charge in [-0.15, -0.1) is 0 Å². The first-order valence-corrected chi connectivity index (χ1v) is 6.86. The molecular formula is C13H27N3O. The lowest BCUT2D eigenvalue weighted by Crippen LogP contribution is -2.47. The van der Waals surface area contributed by atoms with Gasteiger partial charge in [0, 0.05) is 12.6 Å². The number of amides is 1. The fourth-order valence-corrected chi connectivity index (χ4v) is 2.70. The van der Waals surface area contributed by atoms with Crippen LogP contribution >= 0.6 is 0 Å². The van der Waals surface area contributed by atoms with E-state index in [4.69, 9.17) is 5.73 Å². The highest BCUT2D eigenvalue weighted by Gasteiger charge is 2.23. The molecule has 100 valence electrons. The lowest BCUT2D eigenvalue weighted by Gasteiger charge is -2.35. The smallest absolute Gasteiger partial charge is 0.231 e. The highest BCUT2D eigenvalue weighted by Crippen LogP contribution is 2.15. The normalized spacial score (nSPS) is 19.5. The van der Waals surface area contributed by atoms with E-state index in [1.54, 1.807) is 0 Å². The fourth-order valence-electron chi connectivity index (χ4n) is 2.70. The molecule has 1 atom stereocenters. The van der Waals surface area contributed by atoms with E-state index >= 15 is 0 Å². The van der Waals surface area contributed by atoms with Crippen LogP contribution in [-0.2, 0) is 4.79 Å². The summed E-state index contributed by atoms with van der Waals surface area (Å²) >= 11 is 0. The SMILES string of the molecule is CCCC(C)CN(CC(N)=O)C1CCNCC1. The number of nitrogens with zero attached hydrogens (tertiary/aromatic N) is 1. The number of carbonyl (C=O) groups excluding carboxylic acids is 1. The zero-order valence-electron chi connectivity index (χ0n) is 11.2. The van der Waals surface area contributed by atoms with Crippen molar-refractivity contribution in [2.45, 2.75) is 45.6 Å². The van der Waals surface area contributed by atoms with E-state index in [-0.39, 0.29) is 5.91 Å². The van der Waals surface area contributed by atoms with Crippen molar-refractivity contribution in [3.8, 4) is 0 Å². The zero-order chi connectivity index (χ0) is 12.7. The quantitative estimate of drug-likeness (QED) is 0.698. The van der Waals surface area contributed by atoms with E-state index in [1.807, 2.05) is 0 Å². The first-order valence-electron chi connectivity index (χ1n) is 6.86. The second-order valence-corrected chi connectivity index (χ2v) is 5.27. The van der Waals surface area contributed by atoms with Crippen molar-refractivity contribution < 1.29 is 4.79 Å². The molecule has 1 fully saturated rings. The van der Waals surface area contributed by atoms with Gasteiger partial charge in [-0.3, -0.25) is 9.69 Å². The summed E-state index contributed by atoms with van der Waals surface area (Å²) in [6.07, 6.45) is 4.69. The van der Waals surface area contributed by atoms with E-state index < -0.39 is 0 Å². The van der Waals surface area contributed by atoms with Crippen molar-refractivity contribution in [3.63, 3.8) is 0 Å². The molecule has 1 rings (SSSR count). The summed E-state index contributed by atoms with van der Waals surface area (Å²) in [5.41, 5.74) is 5.35. The van der Waals surface area contributed by atoms with Crippen LogP contribution in [0.2, 0.25) is 0 Å². The van der Waals surface area contributed by atoms with Gasteiger partial charge in [0.25, 0.3) is 0 Å². The molecule has 1 saturated heterocycles. The van der Waals surface area contributed by atoms with Crippen molar-refractivity contribution in [2.75, 3.05) is 26.2 Å². The molecule has 1 heterocycles. The van der Waals surface area contributed by atoms with Gasteiger partial charge in [-0.25, -0.2) is 0 Å². The molecule has 0 bridgehead atoms. The summed E-state index contributed by atoms with van der Waals surface area (Å²) in [4.78, 5) is 13.5. The van der Waals surface area contributed by atoms with Gasteiger partial charge in [0.2, 0.25) is 5.91 Å². The van der Waals surface area contributed by atoms with Crippen molar-refractivity contribution in [1.82, 2.24) is 10.2 Å². The van der Waals surface area contributed by atoms with Gasteiger partial charge in [0.05, 0.1) is 6.54 Å². The number of rotatable bonds is 7. The summed E-state index contributed by atoms with van der Waals surface area (Å²) < 4.78 is 0. The fraction of sp³-hybridized carbons (Fsp3) is 0.923. The lowest BCUT2D eigenvalue weighted by atomic mass is 10.0. The number of hydrogen-bond donors (Lipinski definition) is 2. The minimum Gasteiger partial charge on any atom is -0.369 e. The molecule has 1 unspecified atom stereocenters. The summed E-state index contributed by atoms with van der Waals surface area (Å²) in [5, 5.41) is 3.36. The van der Waals surface area contributed by atoms with Crippen LogP contribution in [0.15, 0.2) is 0 Å². The van der Waals surface area contributed by atoms with Gasteiger partial charge in [0.1, 0.15) is 0 Å². The molecule has 0 aliphatic carbocycles. The summed E-state index contributed by atoms with van der Waals surface area (Å²) in [6.45, 7) is 8.00. The standard InChI is InChI=1S/C13H27N3O/c1-3-4-11(2)9-16(10-13(14)17)12-5-7-15-8-6-12/h11-12,15H,3-10H2,1-2H3,(H2,14,17).